The van der Waals surface area contributed by atoms with Crippen molar-refractivity contribution in [3.05, 3.63) is 53.5 Å². The van der Waals surface area contributed by atoms with E-state index < -0.39 is 11.5 Å². The van der Waals surface area contributed by atoms with Crippen LogP contribution in [0.1, 0.15) is 48.8 Å². The molecule has 1 aliphatic carbocycles. The van der Waals surface area contributed by atoms with Crippen LogP contribution in [0.15, 0.2) is 36.7 Å². The quantitative estimate of drug-likeness (QED) is 0.688. The van der Waals surface area contributed by atoms with Gasteiger partial charge in [-0.05, 0) is 69.4 Å². The maximum atomic E-state index is 12.3. The molecule has 4 rings (SSSR count). The summed E-state index contributed by atoms with van der Waals surface area (Å²) in [6, 6.07) is 8.02. The normalized spacial score (nSPS) is 13.5. The van der Waals surface area contributed by atoms with Gasteiger partial charge in [-0.25, -0.2) is 0 Å². The third-order valence-electron chi connectivity index (χ3n) is 5.12. The molecule has 0 aliphatic heterocycles. The number of hydrogen-bond acceptors (Lipinski definition) is 4. The van der Waals surface area contributed by atoms with E-state index in [1.54, 1.807) is 10.8 Å². The molecule has 0 bridgehead atoms. The number of rotatable bonds is 4. The lowest BCUT2D eigenvalue weighted by Gasteiger charge is -2.19. The summed E-state index contributed by atoms with van der Waals surface area (Å²) >= 11 is 0. The average molecular weight is 391 g/mol. The highest BCUT2D eigenvalue weighted by Crippen LogP contribution is 2.30. The van der Waals surface area contributed by atoms with Gasteiger partial charge in [-0.2, -0.15) is 0 Å². The van der Waals surface area contributed by atoms with Crippen LogP contribution in [0, 0.1) is 0 Å². The monoisotopic (exact) mass is 391 g/mol. The molecule has 6 nitrogen and oxygen atoms in total. The second-order valence-corrected chi connectivity index (χ2v) is 8.54. The number of benzene rings is 1. The highest BCUT2D eigenvalue weighted by atomic mass is 16.6. The Morgan fingerprint density at radius 2 is 1.97 bits per heavy atom. The third-order valence-corrected chi connectivity index (χ3v) is 5.12. The van der Waals surface area contributed by atoms with Crippen LogP contribution in [0.5, 0.6) is 0 Å². The highest BCUT2D eigenvalue weighted by molar-refractivity contribution is 6.07. The molecule has 1 amide bonds. The Hall–Kier alpha value is -3.15. The highest BCUT2D eigenvalue weighted by Gasteiger charge is 2.20. The summed E-state index contributed by atoms with van der Waals surface area (Å²) in [5, 5.41) is 0.721. The van der Waals surface area contributed by atoms with Crippen molar-refractivity contribution in [2.24, 2.45) is 5.73 Å². The van der Waals surface area contributed by atoms with Crippen molar-refractivity contribution in [1.82, 2.24) is 9.55 Å². The molecule has 0 fully saturated rings. The summed E-state index contributed by atoms with van der Waals surface area (Å²) in [6.07, 6.45) is 6.74. The fourth-order valence-electron chi connectivity index (χ4n) is 3.90. The van der Waals surface area contributed by atoms with Gasteiger partial charge in [0.05, 0.1) is 5.56 Å². The first-order valence-corrected chi connectivity index (χ1v) is 9.84. The Morgan fingerprint density at radius 1 is 1.17 bits per heavy atom. The SMILES string of the molecule is CC(C)(C)OC(=O)Cn1cc(C(N)=O)c2cc(-c3cnc4c(c3)CCC4)ccc21. The predicted octanol–water partition coefficient (Wildman–Crippen LogP) is 3.63. The molecule has 29 heavy (non-hydrogen) atoms. The zero-order chi connectivity index (χ0) is 20.8. The van der Waals surface area contributed by atoms with Gasteiger partial charge >= 0.3 is 5.97 Å². The Morgan fingerprint density at radius 3 is 2.69 bits per heavy atom. The lowest BCUT2D eigenvalue weighted by Crippen LogP contribution is -2.26. The molecule has 150 valence electrons. The number of amides is 1. The number of primary amides is 1. The number of hydrogen-bond donors (Lipinski definition) is 1. The average Bonchev–Trinajstić information content (AvgIpc) is 3.23. The molecule has 6 heteroatoms. The fraction of sp³-hybridized carbons (Fsp3) is 0.348. The van der Waals surface area contributed by atoms with Crippen molar-refractivity contribution in [1.29, 1.82) is 0 Å². The van der Waals surface area contributed by atoms with Crippen molar-refractivity contribution >= 4 is 22.8 Å². The number of nitrogens with two attached hydrogens (primary N) is 1. The van der Waals surface area contributed by atoms with Gasteiger partial charge < -0.3 is 15.0 Å². The summed E-state index contributed by atoms with van der Waals surface area (Å²) in [7, 11) is 0. The first-order chi connectivity index (χ1) is 13.7. The topological polar surface area (TPSA) is 87.2 Å². The summed E-state index contributed by atoms with van der Waals surface area (Å²) in [6.45, 7) is 5.49. The second-order valence-electron chi connectivity index (χ2n) is 8.54. The Balaban J connectivity index is 1.73. The van der Waals surface area contributed by atoms with Crippen LogP contribution >= 0.6 is 0 Å². The van der Waals surface area contributed by atoms with E-state index in [-0.39, 0.29) is 12.5 Å². The van der Waals surface area contributed by atoms with Crippen molar-refractivity contribution in [3.8, 4) is 11.1 Å². The predicted molar refractivity (Wildman–Crippen MR) is 112 cm³/mol. The van der Waals surface area contributed by atoms with Crippen LogP contribution in [0.2, 0.25) is 0 Å². The van der Waals surface area contributed by atoms with E-state index >= 15 is 0 Å². The molecular formula is C23H25N3O3. The van der Waals surface area contributed by atoms with E-state index in [0.717, 1.165) is 41.3 Å². The molecule has 1 aliphatic rings. The fourth-order valence-corrected chi connectivity index (χ4v) is 3.90. The van der Waals surface area contributed by atoms with Crippen molar-refractivity contribution in [3.63, 3.8) is 0 Å². The minimum atomic E-state index is -0.569. The van der Waals surface area contributed by atoms with Crippen LogP contribution < -0.4 is 5.73 Å². The maximum absolute atomic E-state index is 12.3. The molecule has 0 atom stereocenters. The van der Waals surface area contributed by atoms with Gasteiger partial charge in [0.25, 0.3) is 5.91 Å². The summed E-state index contributed by atoms with van der Waals surface area (Å²) in [5.74, 6) is -0.889. The number of fused-ring (bicyclic) bond motifs is 2. The minimum absolute atomic E-state index is 0.0147. The van der Waals surface area contributed by atoms with E-state index in [1.807, 2.05) is 45.2 Å². The van der Waals surface area contributed by atoms with Gasteiger partial charge in [0.2, 0.25) is 0 Å². The van der Waals surface area contributed by atoms with Crippen molar-refractivity contribution in [2.45, 2.75) is 52.2 Å². The molecule has 2 N–H and O–H groups in total. The van der Waals surface area contributed by atoms with Crippen LogP contribution in [-0.4, -0.2) is 27.0 Å². The van der Waals surface area contributed by atoms with Gasteiger partial charge in [0, 0.05) is 34.6 Å². The van der Waals surface area contributed by atoms with E-state index in [1.165, 1.54) is 11.3 Å². The number of aromatic nitrogens is 2. The third kappa shape index (κ3) is 3.88. The van der Waals surface area contributed by atoms with Gasteiger partial charge in [-0.15, -0.1) is 0 Å². The number of ether oxygens (including phenoxy) is 1. The number of aryl methyl sites for hydroxylation is 2. The number of carbonyl (C=O) groups excluding carboxylic acids is 2. The van der Waals surface area contributed by atoms with E-state index in [0.29, 0.717) is 5.56 Å². The molecule has 2 aromatic heterocycles. The zero-order valence-corrected chi connectivity index (χ0v) is 17.0. The van der Waals surface area contributed by atoms with Crippen LogP contribution in [0.3, 0.4) is 0 Å². The van der Waals surface area contributed by atoms with Gasteiger partial charge in [-0.3, -0.25) is 14.6 Å². The minimum Gasteiger partial charge on any atom is -0.459 e. The van der Waals surface area contributed by atoms with Gasteiger partial charge in [-0.1, -0.05) is 6.07 Å². The van der Waals surface area contributed by atoms with E-state index in [2.05, 4.69) is 11.1 Å². The molecule has 3 aromatic rings. The zero-order valence-electron chi connectivity index (χ0n) is 17.0. The number of carbonyl (C=O) groups is 2. The molecule has 2 heterocycles. The molecule has 1 aromatic carbocycles. The standard InChI is InChI=1S/C23H25N3O3/c1-23(2,3)29-21(27)13-26-12-18(22(24)28)17-10-14(7-8-20(17)26)16-9-15-5-4-6-19(15)25-11-16/h7-12H,4-6,13H2,1-3H3,(H2,24,28). The Labute approximate surface area is 169 Å². The van der Waals surface area contributed by atoms with Crippen LogP contribution in [0.4, 0.5) is 0 Å². The maximum Gasteiger partial charge on any atom is 0.326 e. The first-order valence-electron chi connectivity index (χ1n) is 9.84. The first kappa shape index (κ1) is 19.2. The lowest BCUT2D eigenvalue weighted by atomic mass is 10.0. The van der Waals surface area contributed by atoms with Gasteiger partial charge in [0.15, 0.2) is 0 Å². The molecule has 0 saturated carbocycles. The number of pyridine rings is 1. The van der Waals surface area contributed by atoms with Crippen molar-refractivity contribution in [2.75, 3.05) is 0 Å². The van der Waals surface area contributed by atoms with E-state index in [4.69, 9.17) is 10.5 Å². The smallest absolute Gasteiger partial charge is 0.326 e. The summed E-state index contributed by atoms with van der Waals surface area (Å²) < 4.78 is 7.13. The molecule has 0 radical (unpaired) electrons. The van der Waals surface area contributed by atoms with Crippen molar-refractivity contribution < 1.29 is 14.3 Å². The van der Waals surface area contributed by atoms with Crippen LogP contribution in [0.25, 0.3) is 22.0 Å². The Bertz CT molecular complexity index is 1120. The summed E-state index contributed by atoms with van der Waals surface area (Å²) in [5.41, 5.74) is 10.6. The largest absolute Gasteiger partial charge is 0.459 e. The molecule has 0 saturated heterocycles. The lowest BCUT2D eigenvalue weighted by molar-refractivity contribution is -0.155. The van der Waals surface area contributed by atoms with Crippen LogP contribution in [-0.2, 0) is 28.9 Å². The summed E-state index contributed by atoms with van der Waals surface area (Å²) in [4.78, 5) is 28.9. The number of nitrogens with zero attached hydrogens (tertiary/aromatic N) is 2. The van der Waals surface area contributed by atoms with E-state index in [9.17, 15) is 9.59 Å². The number of esters is 1. The molecular weight excluding hydrogens is 366 g/mol. The molecule has 0 unspecified atom stereocenters. The second kappa shape index (κ2) is 7.03. The Kier molecular flexibility index (Phi) is 4.65. The molecule has 0 spiro atoms. The van der Waals surface area contributed by atoms with Gasteiger partial charge in [0.1, 0.15) is 12.1 Å².